The first-order chi connectivity index (χ1) is 29.6. The number of nitrogens with two attached hydrogens (primary N) is 1. The highest BCUT2D eigenvalue weighted by Gasteiger charge is 2.40. The Morgan fingerprint density at radius 3 is 2.42 bits per heavy atom. The van der Waals surface area contributed by atoms with Crippen molar-refractivity contribution in [2.75, 3.05) is 11.4 Å². The fourth-order valence-electron chi connectivity index (χ4n) is 8.45. The highest BCUT2D eigenvalue weighted by Crippen LogP contribution is 2.41. The number of H-pyrrole nitrogens is 1. The molecular formula is C49H61N5O7Si. The number of aromatic hydroxyl groups is 1. The molecule has 0 saturated heterocycles. The summed E-state index contributed by atoms with van der Waals surface area (Å²) in [5, 5.41) is 25.3. The summed E-state index contributed by atoms with van der Waals surface area (Å²) in [7, 11) is -2.25. The van der Waals surface area contributed by atoms with Crippen molar-refractivity contribution in [2.24, 2.45) is 5.73 Å². The number of hydrogen-bond donors (Lipinski definition) is 5. The lowest BCUT2D eigenvalue weighted by atomic mass is 9.89. The van der Waals surface area contributed by atoms with Gasteiger partial charge in [-0.05, 0) is 116 Å². The molecule has 0 unspecified atom stereocenters. The number of amides is 1. The molecule has 328 valence electrons. The average molecular weight is 860 g/mol. The zero-order valence-corrected chi connectivity index (χ0v) is 37.6. The van der Waals surface area contributed by atoms with Crippen LogP contribution in [0.15, 0.2) is 105 Å². The van der Waals surface area contributed by atoms with Crippen molar-refractivity contribution in [3.63, 3.8) is 0 Å². The van der Waals surface area contributed by atoms with Gasteiger partial charge in [-0.25, -0.2) is 9.59 Å². The van der Waals surface area contributed by atoms with Crippen molar-refractivity contribution < 1.29 is 23.9 Å². The van der Waals surface area contributed by atoms with Gasteiger partial charge in [0.2, 0.25) is 5.56 Å². The van der Waals surface area contributed by atoms with Crippen LogP contribution in [0, 0.1) is 0 Å². The molecule has 0 aliphatic heterocycles. The molecule has 1 saturated carbocycles. The number of fused-ring (bicyclic) bond motifs is 2. The second kappa shape index (κ2) is 18.9. The van der Waals surface area contributed by atoms with E-state index in [0.29, 0.717) is 30.7 Å². The van der Waals surface area contributed by atoms with Crippen LogP contribution >= 0.6 is 0 Å². The Hall–Kier alpha value is -5.47. The maximum Gasteiger partial charge on any atom is 0.419 e. The molecule has 2 aromatic heterocycles. The standard InChI is InChI=1S/C49H61N5O7Si/c1-49(2,3)62(4,5)61-44(38-22-25-42(55)46-39(38)23-26-45(56)52-46)31-51-30-33-16-24-40-43(29-33)60-48(59)53(40)27-11-7-8-12-32-15-21-37(34-13-9-6-10-14-34)41(28-32)54(47(57)58)36-19-17-35(50)18-20-36/h6,9-10,13-16,21-26,28-29,35-36,44,51,55H,7-8,11-12,17-20,27,30-31,50H2,1-5H3,(H,52,56)(H,57,58)/t35?,36?,44-/m0/s1. The average Bonchev–Trinajstić information content (AvgIpc) is 3.54. The first kappa shape index (κ1) is 44.6. The molecule has 6 N–H and O–H groups in total. The van der Waals surface area contributed by atoms with Crippen molar-refractivity contribution in [3.05, 3.63) is 129 Å². The van der Waals surface area contributed by atoms with E-state index in [4.69, 9.17) is 14.6 Å². The zero-order chi connectivity index (χ0) is 44.2. The maximum absolute atomic E-state index is 13.1. The van der Waals surface area contributed by atoms with Crippen LogP contribution in [0.3, 0.4) is 0 Å². The van der Waals surface area contributed by atoms with E-state index in [0.717, 1.165) is 95.8 Å². The highest BCUT2D eigenvalue weighted by atomic mass is 28.4. The number of phenolic OH excluding ortho intramolecular Hbond substituents is 1. The minimum Gasteiger partial charge on any atom is -0.506 e. The van der Waals surface area contributed by atoms with E-state index < -0.39 is 14.4 Å². The molecule has 1 aliphatic rings. The Kier molecular flexibility index (Phi) is 13.6. The van der Waals surface area contributed by atoms with Gasteiger partial charge in [-0.15, -0.1) is 0 Å². The lowest BCUT2D eigenvalue weighted by molar-refractivity contribution is 0.181. The molecule has 6 aromatic rings. The van der Waals surface area contributed by atoms with Crippen LogP contribution in [0.5, 0.6) is 5.75 Å². The largest absolute Gasteiger partial charge is 0.506 e. The minimum absolute atomic E-state index is 0.00751. The van der Waals surface area contributed by atoms with E-state index in [-0.39, 0.29) is 40.3 Å². The Labute approximate surface area is 363 Å². The SMILES string of the molecule is CC(C)(C)[Si](C)(C)O[C@@H](CNCc1ccc2c(c1)oc(=O)n2CCCCCc1ccc(-c2ccccc2)c(N(C(=O)O)C2CCC(N)CC2)c1)c1ccc(O)c2[nH]c(=O)ccc12. The molecular weight excluding hydrogens is 799 g/mol. The third-order valence-electron chi connectivity index (χ3n) is 13.0. The van der Waals surface area contributed by atoms with E-state index in [1.807, 2.05) is 60.7 Å². The number of rotatable bonds is 16. The number of aromatic amines is 1. The molecule has 4 aromatic carbocycles. The molecule has 0 spiro atoms. The predicted octanol–water partition coefficient (Wildman–Crippen LogP) is 9.83. The Balaban J connectivity index is 0.992. The van der Waals surface area contributed by atoms with Crippen molar-refractivity contribution in [3.8, 4) is 16.9 Å². The highest BCUT2D eigenvalue weighted by molar-refractivity contribution is 6.74. The predicted molar refractivity (Wildman–Crippen MR) is 250 cm³/mol. The van der Waals surface area contributed by atoms with E-state index in [2.05, 4.69) is 56.3 Å². The number of nitrogens with zero attached hydrogens (tertiary/aromatic N) is 2. The van der Waals surface area contributed by atoms with Gasteiger partial charge in [-0.1, -0.05) is 81.8 Å². The number of carbonyl (C=O) groups is 1. The second-order valence-electron chi connectivity index (χ2n) is 18.4. The third kappa shape index (κ3) is 10.1. The quantitative estimate of drug-likeness (QED) is 0.0469. The van der Waals surface area contributed by atoms with Crippen molar-refractivity contribution in [2.45, 2.75) is 122 Å². The number of aryl methyl sites for hydroxylation is 2. The smallest absolute Gasteiger partial charge is 0.419 e. The maximum atomic E-state index is 13.1. The van der Waals surface area contributed by atoms with Crippen LogP contribution in [0.2, 0.25) is 18.1 Å². The molecule has 13 heteroatoms. The molecule has 0 bridgehead atoms. The zero-order valence-electron chi connectivity index (χ0n) is 36.6. The van der Waals surface area contributed by atoms with Gasteiger partial charge in [0.25, 0.3) is 0 Å². The van der Waals surface area contributed by atoms with Crippen LogP contribution in [-0.2, 0) is 23.9 Å². The topological polar surface area (TPSA) is 176 Å². The lowest BCUT2D eigenvalue weighted by Crippen LogP contribution is -2.44. The molecule has 1 amide bonds. The summed E-state index contributed by atoms with van der Waals surface area (Å²) in [4.78, 5) is 42.4. The third-order valence-corrected chi connectivity index (χ3v) is 17.4. The number of carboxylic acid groups (broad SMARTS) is 1. The number of aromatic nitrogens is 2. The molecule has 0 radical (unpaired) electrons. The summed E-state index contributed by atoms with van der Waals surface area (Å²) < 4.78 is 14.4. The molecule has 1 atom stereocenters. The molecule has 1 fully saturated rings. The summed E-state index contributed by atoms with van der Waals surface area (Å²) in [6, 6.07) is 28.7. The Morgan fingerprint density at radius 1 is 0.952 bits per heavy atom. The number of oxazole rings is 1. The molecule has 1 aliphatic carbocycles. The number of nitrogens with one attached hydrogen (secondary N) is 2. The van der Waals surface area contributed by atoms with Gasteiger partial charge in [0.15, 0.2) is 13.9 Å². The van der Waals surface area contributed by atoms with Gasteiger partial charge in [-0.3, -0.25) is 14.3 Å². The number of anilines is 1. The first-order valence-electron chi connectivity index (χ1n) is 21.9. The van der Waals surface area contributed by atoms with E-state index >= 15 is 0 Å². The summed E-state index contributed by atoms with van der Waals surface area (Å²) in [5.41, 5.74) is 13.1. The fourth-order valence-corrected chi connectivity index (χ4v) is 9.73. The van der Waals surface area contributed by atoms with Gasteiger partial charge in [0.05, 0.1) is 22.8 Å². The number of pyridine rings is 1. The number of benzene rings is 4. The summed E-state index contributed by atoms with van der Waals surface area (Å²) in [6.45, 7) is 12.5. The normalized spacial score (nSPS) is 16.5. The summed E-state index contributed by atoms with van der Waals surface area (Å²) in [5.74, 6) is -0.378. The first-order valence-corrected chi connectivity index (χ1v) is 24.8. The number of phenols is 1. The van der Waals surface area contributed by atoms with Gasteiger partial charge in [-0.2, -0.15) is 0 Å². The summed E-state index contributed by atoms with van der Waals surface area (Å²) >= 11 is 0. The molecule has 12 nitrogen and oxygen atoms in total. The number of unbranched alkanes of at least 4 members (excludes halogenated alkanes) is 2. The van der Waals surface area contributed by atoms with Crippen LogP contribution in [-0.4, -0.2) is 52.8 Å². The fraction of sp³-hybridized carbons (Fsp3) is 0.408. The van der Waals surface area contributed by atoms with Crippen molar-refractivity contribution >= 4 is 42.1 Å². The second-order valence-corrected chi connectivity index (χ2v) is 23.1. The van der Waals surface area contributed by atoms with Gasteiger partial charge in [0, 0.05) is 48.7 Å². The van der Waals surface area contributed by atoms with Gasteiger partial charge >= 0.3 is 11.8 Å². The Morgan fingerprint density at radius 2 is 1.69 bits per heavy atom. The number of hydrogen-bond acceptors (Lipinski definition) is 8. The Bertz CT molecular complexity index is 2620. The molecule has 62 heavy (non-hydrogen) atoms. The van der Waals surface area contributed by atoms with E-state index in [1.54, 1.807) is 21.6 Å². The summed E-state index contributed by atoms with van der Waals surface area (Å²) in [6.07, 6.45) is 5.13. The van der Waals surface area contributed by atoms with Crippen LogP contribution in [0.25, 0.3) is 33.1 Å². The monoisotopic (exact) mass is 859 g/mol. The van der Waals surface area contributed by atoms with Crippen molar-refractivity contribution in [1.82, 2.24) is 14.9 Å². The van der Waals surface area contributed by atoms with Gasteiger partial charge < -0.3 is 35.1 Å². The lowest BCUT2D eigenvalue weighted by Gasteiger charge is -2.39. The van der Waals surface area contributed by atoms with E-state index in [9.17, 15) is 24.6 Å². The van der Waals surface area contributed by atoms with Crippen LogP contribution < -0.4 is 27.3 Å². The molecule has 2 heterocycles. The molecule has 7 rings (SSSR count). The van der Waals surface area contributed by atoms with E-state index in [1.165, 1.54) is 6.07 Å². The van der Waals surface area contributed by atoms with Crippen LogP contribution in [0.4, 0.5) is 10.5 Å². The van der Waals surface area contributed by atoms with Gasteiger partial charge in [0.1, 0.15) is 5.75 Å². The van der Waals surface area contributed by atoms with Crippen molar-refractivity contribution in [1.29, 1.82) is 0 Å². The van der Waals surface area contributed by atoms with Crippen LogP contribution in [0.1, 0.15) is 88.5 Å². The minimum atomic E-state index is -2.25.